The van der Waals surface area contributed by atoms with Crippen molar-refractivity contribution in [3.8, 4) is 0 Å². The molecule has 1 heterocycles. The van der Waals surface area contributed by atoms with Crippen LogP contribution >= 0.6 is 11.6 Å². The number of carbonyl (C=O) groups excluding carboxylic acids is 1. The average molecular weight is 210 g/mol. The van der Waals surface area contributed by atoms with Crippen LogP contribution < -0.4 is 0 Å². The highest BCUT2D eigenvalue weighted by Gasteiger charge is 2.22. The van der Waals surface area contributed by atoms with Crippen LogP contribution in [0.5, 0.6) is 0 Å². The molecule has 0 radical (unpaired) electrons. The molecule has 0 aromatic heterocycles. The van der Waals surface area contributed by atoms with E-state index in [1.54, 1.807) is 6.07 Å². The van der Waals surface area contributed by atoms with Crippen LogP contribution in [0.3, 0.4) is 0 Å². The Hall–Kier alpha value is -1.02. The number of carbonyl (C=O) groups is 1. The summed E-state index contributed by atoms with van der Waals surface area (Å²) in [6.07, 6.45) is 0.912. The maximum absolute atomic E-state index is 11.8. The van der Waals surface area contributed by atoms with Gasteiger partial charge in [0.25, 0.3) is 5.91 Å². The first-order valence-electron chi connectivity index (χ1n) is 4.80. The second-order valence-electron chi connectivity index (χ2n) is 3.44. The molecule has 74 valence electrons. The highest BCUT2D eigenvalue weighted by molar-refractivity contribution is 6.30. The Morgan fingerprint density at radius 2 is 2.29 bits per heavy atom. The molecule has 0 saturated carbocycles. The molecule has 0 N–H and O–H groups in total. The van der Waals surface area contributed by atoms with Crippen LogP contribution in [-0.4, -0.2) is 23.9 Å². The minimum Gasteiger partial charge on any atom is -0.339 e. The largest absolute Gasteiger partial charge is 0.339 e. The summed E-state index contributed by atoms with van der Waals surface area (Å²) in [5.74, 6) is 0.130. The van der Waals surface area contributed by atoms with Crippen molar-refractivity contribution in [2.75, 3.05) is 13.1 Å². The lowest BCUT2D eigenvalue weighted by molar-refractivity contribution is 0.0749. The summed E-state index contributed by atoms with van der Waals surface area (Å²) in [5.41, 5.74) is 1.88. The van der Waals surface area contributed by atoms with Gasteiger partial charge in [0.1, 0.15) is 0 Å². The zero-order valence-corrected chi connectivity index (χ0v) is 8.84. The normalized spacial score (nSPS) is 15.6. The summed E-state index contributed by atoms with van der Waals surface area (Å²) >= 11 is 5.87. The zero-order chi connectivity index (χ0) is 10.1. The third-order valence-electron chi connectivity index (χ3n) is 2.62. The molecule has 3 heteroatoms. The molecular formula is C11H12ClNO. The number of amides is 1. The summed E-state index contributed by atoms with van der Waals surface area (Å²) in [6.45, 7) is 3.59. The Kier molecular flexibility index (Phi) is 2.46. The molecule has 0 bridgehead atoms. The van der Waals surface area contributed by atoms with Gasteiger partial charge >= 0.3 is 0 Å². The van der Waals surface area contributed by atoms with E-state index in [2.05, 4.69) is 0 Å². The molecule has 2 rings (SSSR count). The predicted molar refractivity (Wildman–Crippen MR) is 56.7 cm³/mol. The lowest BCUT2D eigenvalue weighted by Crippen LogP contribution is -2.37. The maximum atomic E-state index is 11.8. The van der Waals surface area contributed by atoms with Gasteiger partial charge in [-0.25, -0.2) is 0 Å². The van der Waals surface area contributed by atoms with E-state index in [1.807, 2.05) is 24.0 Å². The van der Waals surface area contributed by atoms with E-state index >= 15 is 0 Å². The highest BCUT2D eigenvalue weighted by Crippen LogP contribution is 2.22. The number of nitrogens with zero attached hydrogens (tertiary/aromatic N) is 1. The Balaban J connectivity index is 2.41. The molecule has 1 amide bonds. The lowest BCUT2D eigenvalue weighted by Gasteiger charge is -2.27. The predicted octanol–water partition coefficient (Wildman–Crippen LogP) is 2.36. The number of hydrogen-bond donors (Lipinski definition) is 0. The van der Waals surface area contributed by atoms with Gasteiger partial charge in [-0.15, -0.1) is 0 Å². The van der Waals surface area contributed by atoms with Gasteiger partial charge in [0.15, 0.2) is 0 Å². The molecule has 0 saturated heterocycles. The quantitative estimate of drug-likeness (QED) is 0.696. The Bertz CT molecular complexity index is 376. The SMILES string of the molecule is CCN1CCc2cc(Cl)ccc2C1=O. The average Bonchev–Trinajstić information content (AvgIpc) is 2.18. The van der Waals surface area contributed by atoms with Gasteiger partial charge in [-0.3, -0.25) is 4.79 Å². The van der Waals surface area contributed by atoms with E-state index in [0.29, 0.717) is 5.02 Å². The molecule has 14 heavy (non-hydrogen) atoms. The van der Waals surface area contributed by atoms with Crippen LogP contribution in [0.15, 0.2) is 18.2 Å². The van der Waals surface area contributed by atoms with Crippen molar-refractivity contribution in [3.63, 3.8) is 0 Å². The first kappa shape index (κ1) is 9.53. The molecule has 0 aliphatic carbocycles. The Morgan fingerprint density at radius 3 is 3.00 bits per heavy atom. The van der Waals surface area contributed by atoms with Crippen molar-refractivity contribution >= 4 is 17.5 Å². The van der Waals surface area contributed by atoms with Crippen molar-refractivity contribution in [2.45, 2.75) is 13.3 Å². The Morgan fingerprint density at radius 1 is 1.50 bits per heavy atom. The van der Waals surface area contributed by atoms with Crippen LogP contribution in [0.4, 0.5) is 0 Å². The van der Waals surface area contributed by atoms with Crippen LogP contribution in [0, 0.1) is 0 Å². The maximum Gasteiger partial charge on any atom is 0.254 e. The molecule has 1 aliphatic heterocycles. The summed E-state index contributed by atoms with van der Waals surface area (Å²) in [5, 5.41) is 0.710. The van der Waals surface area contributed by atoms with E-state index < -0.39 is 0 Å². The van der Waals surface area contributed by atoms with Gasteiger partial charge in [0.05, 0.1) is 0 Å². The van der Waals surface area contributed by atoms with E-state index in [0.717, 1.165) is 30.6 Å². The molecule has 0 atom stereocenters. The van der Waals surface area contributed by atoms with Gasteiger partial charge in [-0.2, -0.15) is 0 Å². The molecule has 1 aromatic carbocycles. The number of likely N-dealkylation sites (N-methyl/N-ethyl adjacent to an activating group) is 1. The van der Waals surface area contributed by atoms with Gasteiger partial charge in [0, 0.05) is 23.7 Å². The van der Waals surface area contributed by atoms with Crippen LogP contribution in [0.25, 0.3) is 0 Å². The second kappa shape index (κ2) is 3.62. The van der Waals surface area contributed by atoms with E-state index in [-0.39, 0.29) is 5.91 Å². The van der Waals surface area contributed by atoms with Gasteiger partial charge < -0.3 is 4.90 Å². The highest BCUT2D eigenvalue weighted by atomic mass is 35.5. The van der Waals surface area contributed by atoms with E-state index in [9.17, 15) is 4.79 Å². The summed E-state index contributed by atoms with van der Waals surface area (Å²) < 4.78 is 0. The second-order valence-corrected chi connectivity index (χ2v) is 3.87. The minimum atomic E-state index is 0.130. The van der Waals surface area contributed by atoms with Crippen molar-refractivity contribution < 1.29 is 4.79 Å². The number of hydrogen-bond acceptors (Lipinski definition) is 1. The van der Waals surface area contributed by atoms with Crippen molar-refractivity contribution in [3.05, 3.63) is 34.3 Å². The molecular weight excluding hydrogens is 198 g/mol. The first-order valence-corrected chi connectivity index (χ1v) is 5.18. The minimum absolute atomic E-state index is 0.130. The lowest BCUT2D eigenvalue weighted by atomic mass is 9.99. The standard InChI is InChI=1S/C11H12ClNO/c1-2-13-6-5-8-7-9(12)3-4-10(8)11(13)14/h3-4,7H,2,5-6H2,1H3. The summed E-state index contributed by atoms with van der Waals surface area (Å²) in [6, 6.07) is 5.49. The fourth-order valence-corrected chi connectivity index (χ4v) is 2.00. The number of halogens is 1. The van der Waals surface area contributed by atoms with Gasteiger partial charge in [-0.1, -0.05) is 11.6 Å². The fraction of sp³-hybridized carbons (Fsp3) is 0.364. The first-order chi connectivity index (χ1) is 6.72. The van der Waals surface area contributed by atoms with Crippen molar-refractivity contribution in [2.24, 2.45) is 0 Å². The molecule has 0 spiro atoms. The molecule has 0 fully saturated rings. The van der Waals surface area contributed by atoms with Crippen molar-refractivity contribution in [1.82, 2.24) is 4.90 Å². The van der Waals surface area contributed by atoms with Crippen LogP contribution in [-0.2, 0) is 6.42 Å². The van der Waals surface area contributed by atoms with E-state index in [1.165, 1.54) is 0 Å². The van der Waals surface area contributed by atoms with Crippen molar-refractivity contribution in [1.29, 1.82) is 0 Å². The third-order valence-corrected chi connectivity index (χ3v) is 2.85. The zero-order valence-electron chi connectivity index (χ0n) is 8.09. The Labute approximate surface area is 88.5 Å². The topological polar surface area (TPSA) is 20.3 Å². The number of fused-ring (bicyclic) bond motifs is 1. The summed E-state index contributed by atoms with van der Waals surface area (Å²) in [4.78, 5) is 13.7. The van der Waals surface area contributed by atoms with Crippen LogP contribution in [0.2, 0.25) is 5.02 Å². The molecule has 1 aliphatic rings. The number of benzene rings is 1. The third kappa shape index (κ3) is 1.50. The van der Waals surface area contributed by atoms with Gasteiger partial charge in [-0.05, 0) is 37.1 Å². The molecule has 2 nitrogen and oxygen atoms in total. The van der Waals surface area contributed by atoms with Crippen LogP contribution in [0.1, 0.15) is 22.8 Å². The number of rotatable bonds is 1. The monoisotopic (exact) mass is 209 g/mol. The summed E-state index contributed by atoms with van der Waals surface area (Å²) in [7, 11) is 0. The smallest absolute Gasteiger partial charge is 0.254 e. The van der Waals surface area contributed by atoms with Gasteiger partial charge in [0.2, 0.25) is 0 Å². The molecule has 1 aromatic rings. The molecule has 0 unspecified atom stereocenters. The fourth-order valence-electron chi connectivity index (χ4n) is 1.81. The van der Waals surface area contributed by atoms with E-state index in [4.69, 9.17) is 11.6 Å².